The van der Waals surface area contributed by atoms with Crippen LogP contribution in [0.15, 0.2) is 22.6 Å². The molecule has 1 aromatic heterocycles. The van der Waals surface area contributed by atoms with E-state index < -0.39 is 0 Å². The summed E-state index contributed by atoms with van der Waals surface area (Å²) in [6.45, 7) is 2.07. The van der Waals surface area contributed by atoms with E-state index >= 15 is 0 Å². The highest BCUT2D eigenvalue weighted by atomic mass is 16.6. The Labute approximate surface area is 81.8 Å². The van der Waals surface area contributed by atoms with E-state index in [1.165, 1.54) is 5.56 Å². The van der Waals surface area contributed by atoms with Crippen LogP contribution >= 0.6 is 0 Å². The zero-order valence-electron chi connectivity index (χ0n) is 7.73. The second kappa shape index (κ2) is 3.71. The molecule has 1 N–H and O–H groups in total. The van der Waals surface area contributed by atoms with Crippen molar-refractivity contribution in [3.05, 3.63) is 23.8 Å². The van der Waals surface area contributed by atoms with E-state index in [-0.39, 0.29) is 6.08 Å². The third-order valence-electron chi connectivity index (χ3n) is 1.99. The van der Waals surface area contributed by atoms with Crippen LogP contribution in [-0.2, 0) is 6.42 Å². The summed E-state index contributed by atoms with van der Waals surface area (Å²) in [7, 11) is 0.547. The summed E-state index contributed by atoms with van der Waals surface area (Å²) in [6.07, 6.45) is 0.995. The zero-order chi connectivity index (χ0) is 9.97. The molecule has 0 atom stereocenters. The van der Waals surface area contributed by atoms with Crippen molar-refractivity contribution in [2.75, 3.05) is 0 Å². The van der Waals surface area contributed by atoms with E-state index in [0.717, 1.165) is 11.9 Å². The summed E-state index contributed by atoms with van der Waals surface area (Å²) in [5.74, 6) is 0. The lowest BCUT2D eigenvalue weighted by Gasteiger charge is -1.92. The Morgan fingerprint density at radius 3 is 3.14 bits per heavy atom. The highest BCUT2D eigenvalue weighted by Gasteiger charge is 2.06. The van der Waals surface area contributed by atoms with Crippen LogP contribution in [0, 0.1) is 0 Å². The van der Waals surface area contributed by atoms with Crippen molar-refractivity contribution in [2.24, 2.45) is 0 Å². The van der Waals surface area contributed by atoms with E-state index in [4.69, 9.17) is 9.44 Å². The lowest BCUT2D eigenvalue weighted by atomic mass is 10.2. The molecule has 2 aromatic rings. The van der Waals surface area contributed by atoms with Crippen molar-refractivity contribution in [1.29, 1.82) is 0 Å². The van der Waals surface area contributed by atoms with Gasteiger partial charge in [0.1, 0.15) is 5.52 Å². The lowest BCUT2D eigenvalue weighted by Crippen LogP contribution is -1.99. The van der Waals surface area contributed by atoms with Crippen LogP contribution < -0.4 is 4.65 Å². The van der Waals surface area contributed by atoms with Crippen LogP contribution in [0.5, 0.6) is 6.08 Å². The predicted molar refractivity (Wildman–Crippen MR) is 52.0 cm³/mol. The van der Waals surface area contributed by atoms with Gasteiger partial charge >= 0.3 is 13.8 Å². The quantitative estimate of drug-likeness (QED) is 0.741. The van der Waals surface area contributed by atoms with Crippen LogP contribution in [0.4, 0.5) is 0 Å². The number of aromatic nitrogens is 1. The number of hydrogen-bond acceptors (Lipinski definition) is 4. The van der Waals surface area contributed by atoms with E-state index in [9.17, 15) is 0 Å². The zero-order valence-corrected chi connectivity index (χ0v) is 7.73. The second-order valence-corrected chi connectivity index (χ2v) is 2.86. The van der Waals surface area contributed by atoms with Gasteiger partial charge in [0.2, 0.25) is 0 Å². The molecule has 2 rings (SSSR count). The maximum absolute atomic E-state index is 8.40. The Hall–Kier alpha value is -1.49. The Morgan fingerprint density at radius 2 is 2.43 bits per heavy atom. The van der Waals surface area contributed by atoms with E-state index in [1.54, 1.807) is 0 Å². The first-order valence-corrected chi connectivity index (χ1v) is 4.35. The van der Waals surface area contributed by atoms with Crippen LogP contribution in [0.25, 0.3) is 11.1 Å². The standard InChI is InChI=1S/C9H9BNO3/c1-2-6-3-4-7-8(5-6)13-9(11-7)14-10-12/h3-5,12H,2H2,1H3. The second-order valence-electron chi connectivity index (χ2n) is 2.86. The number of hydrogen-bond donors (Lipinski definition) is 1. The molecule has 0 saturated heterocycles. The molecule has 1 aromatic carbocycles. The van der Waals surface area contributed by atoms with Crippen LogP contribution in [0.1, 0.15) is 12.5 Å². The van der Waals surface area contributed by atoms with Gasteiger partial charge in [-0.2, -0.15) is 4.98 Å². The van der Waals surface area contributed by atoms with Crippen molar-refractivity contribution in [3.8, 4) is 6.08 Å². The third kappa shape index (κ3) is 1.58. The first-order chi connectivity index (χ1) is 6.83. The van der Waals surface area contributed by atoms with Crippen molar-refractivity contribution in [3.63, 3.8) is 0 Å². The fourth-order valence-electron chi connectivity index (χ4n) is 1.26. The van der Waals surface area contributed by atoms with Gasteiger partial charge in [0, 0.05) is 0 Å². The van der Waals surface area contributed by atoms with Crippen LogP contribution in [-0.4, -0.2) is 17.7 Å². The van der Waals surface area contributed by atoms with Gasteiger partial charge in [-0.05, 0) is 24.1 Å². The van der Waals surface area contributed by atoms with Crippen molar-refractivity contribution < 1.29 is 14.1 Å². The van der Waals surface area contributed by atoms with Crippen molar-refractivity contribution in [2.45, 2.75) is 13.3 Å². The molecule has 1 radical (unpaired) electrons. The minimum absolute atomic E-state index is 0.0516. The SMILES string of the molecule is CCc1ccc2nc(O[B]O)oc2c1. The fourth-order valence-corrected chi connectivity index (χ4v) is 1.26. The molecule has 14 heavy (non-hydrogen) atoms. The minimum atomic E-state index is 0.0516. The summed E-state index contributed by atoms with van der Waals surface area (Å²) < 4.78 is 9.84. The number of fused-ring (bicyclic) bond motifs is 1. The number of nitrogens with zero attached hydrogens (tertiary/aromatic N) is 1. The first kappa shape index (κ1) is 9.08. The van der Waals surface area contributed by atoms with Gasteiger partial charge in [0.15, 0.2) is 5.58 Å². The van der Waals surface area contributed by atoms with Crippen molar-refractivity contribution >= 4 is 18.8 Å². The summed E-state index contributed by atoms with van der Waals surface area (Å²) in [6, 6.07) is 5.76. The fraction of sp³-hybridized carbons (Fsp3) is 0.222. The van der Waals surface area contributed by atoms with E-state index in [1.807, 2.05) is 18.2 Å². The van der Waals surface area contributed by atoms with Gasteiger partial charge in [-0.15, -0.1) is 0 Å². The Kier molecular flexibility index (Phi) is 2.41. The van der Waals surface area contributed by atoms with Gasteiger partial charge in [-0.1, -0.05) is 13.0 Å². The number of aryl methyl sites for hydroxylation is 1. The molecule has 0 spiro atoms. The van der Waals surface area contributed by atoms with Gasteiger partial charge < -0.3 is 14.1 Å². The van der Waals surface area contributed by atoms with Crippen molar-refractivity contribution in [1.82, 2.24) is 4.98 Å². The molecule has 71 valence electrons. The Morgan fingerprint density at radius 1 is 1.57 bits per heavy atom. The molecule has 5 heteroatoms. The maximum atomic E-state index is 8.40. The Balaban J connectivity index is 2.43. The molecule has 0 bridgehead atoms. The average Bonchev–Trinajstić information content (AvgIpc) is 2.59. The van der Waals surface area contributed by atoms with E-state index in [2.05, 4.69) is 16.6 Å². The molecule has 0 fully saturated rings. The van der Waals surface area contributed by atoms with Gasteiger partial charge in [0.05, 0.1) is 0 Å². The largest absolute Gasteiger partial charge is 0.572 e. The van der Waals surface area contributed by atoms with E-state index in [0.29, 0.717) is 13.3 Å². The van der Waals surface area contributed by atoms with Crippen LogP contribution in [0.2, 0.25) is 0 Å². The number of oxazole rings is 1. The lowest BCUT2D eigenvalue weighted by molar-refractivity contribution is 0.356. The van der Waals surface area contributed by atoms with Crippen LogP contribution in [0.3, 0.4) is 0 Å². The maximum Gasteiger partial charge on any atom is 0.572 e. The third-order valence-corrected chi connectivity index (χ3v) is 1.99. The molecule has 0 saturated carbocycles. The van der Waals surface area contributed by atoms with Gasteiger partial charge in [0.25, 0.3) is 0 Å². The molecule has 4 nitrogen and oxygen atoms in total. The molecule has 1 heterocycles. The molecule has 0 unspecified atom stereocenters. The molecule has 0 amide bonds. The topological polar surface area (TPSA) is 55.5 Å². The van der Waals surface area contributed by atoms with Gasteiger partial charge in [-0.3, -0.25) is 0 Å². The molecular formula is C9H9BNO3. The smallest absolute Gasteiger partial charge is 0.495 e. The summed E-state index contributed by atoms with van der Waals surface area (Å²) in [4.78, 5) is 4.00. The molecular weight excluding hydrogens is 181 g/mol. The molecule has 0 aliphatic rings. The molecule has 0 aliphatic heterocycles. The summed E-state index contributed by atoms with van der Waals surface area (Å²) in [5.41, 5.74) is 2.56. The van der Waals surface area contributed by atoms with Gasteiger partial charge in [-0.25, -0.2) is 0 Å². The average molecular weight is 190 g/mol. The highest BCUT2D eigenvalue weighted by Crippen LogP contribution is 2.21. The summed E-state index contributed by atoms with van der Waals surface area (Å²) >= 11 is 0. The monoisotopic (exact) mass is 190 g/mol. The summed E-state index contributed by atoms with van der Waals surface area (Å²) in [5, 5.41) is 8.40. The minimum Gasteiger partial charge on any atom is -0.495 e. The predicted octanol–water partition coefficient (Wildman–Crippen LogP) is 1.30. The first-order valence-electron chi connectivity index (χ1n) is 4.35. The normalized spacial score (nSPS) is 10.4. The molecule has 0 aliphatic carbocycles. The number of rotatable bonds is 3. The highest BCUT2D eigenvalue weighted by molar-refractivity contribution is 6.17. The number of benzene rings is 1. The Bertz CT molecular complexity index is 441.